The van der Waals surface area contributed by atoms with E-state index in [1.807, 2.05) is 0 Å². The lowest BCUT2D eigenvalue weighted by atomic mass is 9.39. The van der Waals surface area contributed by atoms with Crippen molar-refractivity contribution in [2.24, 2.45) is 34.0 Å². The van der Waals surface area contributed by atoms with Gasteiger partial charge in [0, 0.05) is 11.8 Å². The van der Waals surface area contributed by atoms with E-state index in [2.05, 4.69) is 26.7 Å². The minimum absolute atomic E-state index is 0.0422. The van der Waals surface area contributed by atoms with Crippen LogP contribution in [0.5, 0.6) is 0 Å². The van der Waals surface area contributed by atoms with Gasteiger partial charge in [0.15, 0.2) is 0 Å². The summed E-state index contributed by atoms with van der Waals surface area (Å²) in [6.45, 7) is 7.09. The lowest BCUT2D eigenvalue weighted by molar-refractivity contribution is -0.179. The highest BCUT2D eigenvalue weighted by Crippen LogP contribution is 2.70. The summed E-state index contributed by atoms with van der Waals surface area (Å²) in [5, 5.41) is 10.7. The fourth-order valence-corrected chi connectivity index (χ4v) is 7.57. The second kappa shape index (κ2) is 4.88. The third-order valence-electron chi connectivity index (χ3n) is 9.38. The van der Waals surface area contributed by atoms with Gasteiger partial charge in [0.25, 0.3) is 0 Å². The Balaban J connectivity index is 1.68. The Hall–Kier alpha value is -0.810. The third-order valence-corrected chi connectivity index (χ3v) is 9.38. The standard InChI is InChI=1S/C22H32O2/c1-5-22(24)13-12-21(4)17-9-11-20(3)16(6-7-18(20)23)15(17)8-10-19(21,2)14-22/h1,15-17,24H,6-14H2,2-4H3/t15-,16+,17+,19+,20-,21+,22+/m1/s1. The van der Waals surface area contributed by atoms with E-state index in [0.29, 0.717) is 23.5 Å². The molecule has 4 fully saturated rings. The molecule has 0 spiro atoms. The molecule has 0 aromatic rings. The zero-order valence-electron chi connectivity index (χ0n) is 15.5. The highest BCUT2D eigenvalue weighted by Gasteiger charge is 2.64. The first-order valence-electron chi connectivity index (χ1n) is 9.91. The van der Waals surface area contributed by atoms with Crippen LogP contribution >= 0.6 is 0 Å². The quantitative estimate of drug-likeness (QED) is 0.671. The molecule has 0 aliphatic heterocycles. The maximum Gasteiger partial charge on any atom is 0.139 e. The third kappa shape index (κ3) is 1.91. The van der Waals surface area contributed by atoms with Crippen LogP contribution in [0.2, 0.25) is 0 Å². The van der Waals surface area contributed by atoms with Gasteiger partial charge >= 0.3 is 0 Å². The summed E-state index contributed by atoms with van der Waals surface area (Å²) in [5.41, 5.74) is -0.567. The van der Waals surface area contributed by atoms with Crippen molar-refractivity contribution in [1.29, 1.82) is 0 Å². The van der Waals surface area contributed by atoms with Gasteiger partial charge in [0.1, 0.15) is 11.4 Å². The molecule has 0 aromatic heterocycles. The van der Waals surface area contributed by atoms with Crippen LogP contribution in [0.4, 0.5) is 0 Å². The van der Waals surface area contributed by atoms with Gasteiger partial charge < -0.3 is 5.11 Å². The smallest absolute Gasteiger partial charge is 0.139 e. The topological polar surface area (TPSA) is 37.3 Å². The van der Waals surface area contributed by atoms with Gasteiger partial charge in [0.2, 0.25) is 0 Å². The molecule has 0 saturated heterocycles. The Morgan fingerprint density at radius 1 is 1.04 bits per heavy atom. The van der Waals surface area contributed by atoms with Crippen molar-refractivity contribution < 1.29 is 9.90 Å². The molecular formula is C22H32O2. The zero-order valence-corrected chi connectivity index (χ0v) is 15.5. The average molecular weight is 328 g/mol. The van der Waals surface area contributed by atoms with Gasteiger partial charge in [-0.3, -0.25) is 4.79 Å². The highest BCUT2D eigenvalue weighted by molar-refractivity contribution is 5.87. The largest absolute Gasteiger partial charge is 0.378 e. The molecule has 0 amide bonds. The Morgan fingerprint density at radius 2 is 1.79 bits per heavy atom. The summed E-state index contributed by atoms with van der Waals surface area (Å²) < 4.78 is 0. The Labute approximate surface area is 146 Å². The van der Waals surface area contributed by atoms with Crippen molar-refractivity contribution >= 4 is 5.78 Å². The van der Waals surface area contributed by atoms with Gasteiger partial charge in [-0.2, -0.15) is 0 Å². The van der Waals surface area contributed by atoms with Crippen molar-refractivity contribution in [3.63, 3.8) is 0 Å². The van der Waals surface area contributed by atoms with Gasteiger partial charge in [-0.25, -0.2) is 0 Å². The Bertz CT molecular complexity index is 618. The maximum atomic E-state index is 12.5. The lowest BCUT2D eigenvalue weighted by Crippen LogP contribution is -2.60. The predicted octanol–water partition coefficient (Wildman–Crippen LogP) is 4.35. The van der Waals surface area contributed by atoms with E-state index in [0.717, 1.165) is 44.9 Å². The minimum Gasteiger partial charge on any atom is -0.378 e. The number of hydrogen-bond acceptors (Lipinski definition) is 2. The second-order valence-corrected chi connectivity index (χ2v) is 10.2. The second-order valence-electron chi connectivity index (χ2n) is 10.2. The van der Waals surface area contributed by atoms with Crippen LogP contribution in [0.1, 0.15) is 78.6 Å². The first-order chi connectivity index (χ1) is 11.2. The van der Waals surface area contributed by atoms with Crippen LogP contribution in [-0.2, 0) is 4.79 Å². The molecule has 4 aliphatic rings. The highest BCUT2D eigenvalue weighted by atomic mass is 16.3. The summed E-state index contributed by atoms with van der Waals surface area (Å²) in [5.74, 6) is 5.20. The van der Waals surface area contributed by atoms with E-state index in [9.17, 15) is 9.90 Å². The van der Waals surface area contributed by atoms with E-state index >= 15 is 0 Å². The number of carbonyl (C=O) groups excluding carboxylic acids is 1. The monoisotopic (exact) mass is 328 g/mol. The number of rotatable bonds is 0. The number of fused-ring (bicyclic) bond motifs is 5. The minimum atomic E-state index is -0.909. The molecular weight excluding hydrogens is 296 g/mol. The van der Waals surface area contributed by atoms with Crippen LogP contribution in [0, 0.1) is 46.3 Å². The fraction of sp³-hybridized carbons (Fsp3) is 0.864. The van der Waals surface area contributed by atoms with Gasteiger partial charge in [-0.15, -0.1) is 6.42 Å². The summed E-state index contributed by atoms with van der Waals surface area (Å²) >= 11 is 0. The van der Waals surface area contributed by atoms with Gasteiger partial charge in [-0.1, -0.05) is 26.7 Å². The number of Topliss-reactive ketones (excluding diaryl/α,β-unsaturated/α-hetero) is 1. The van der Waals surface area contributed by atoms with Crippen molar-refractivity contribution in [3.05, 3.63) is 0 Å². The lowest BCUT2D eigenvalue weighted by Gasteiger charge is -2.65. The van der Waals surface area contributed by atoms with E-state index in [-0.39, 0.29) is 16.2 Å². The fourth-order valence-electron chi connectivity index (χ4n) is 7.57. The van der Waals surface area contributed by atoms with Crippen molar-refractivity contribution in [3.8, 4) is 12.3 Å². The summed E-state index contributed by atoms with van der Waals surface area (Å²) in [7, 11) is 0. The molecule has 4 saturated carbocycles. The van der Waals surface area contributed by atoms with Crippen LogP contribution in [0.3, 0.4) is 0 Å². The molecule has 1 N–H and O–H groups in total. The number of aliphatic hydroxyl groups is 1. The first kappa shape index (κ1) is 16.6. The van der Waals surface area contributed by atoms with Crippen molar-refractivity contribution in [1.82, 2.24) is 0 Å². The number of carbonyl (C=O) groups is 1. The molecule has 7 atom stereocenters. The number of ketones is 1. The number of hydrogen-bond donors (Lipinski definition) is 1. The Kier molecular flexibility index (Phi) is 3.38. The molecule has 4 rings (SSSR count). The molecule has 0 bridgehead atoms. The molecule has 0 heterocycles. The van der Waals surface area contributed by atoms with Crippen molar-refractivity contribution in [2.45, 2.75) is 84.2 Å². The van der Waals surface area contributed by atoms with Crippen LogP contribution in [-0.4, -0.2) is 16.5 Å². The molecule has 2 heteroatoms. The van der Waals surface area contributed by atoms with E-state index in [1.54, 1.807) is 0 Å². The zero-order chi connectivity index (χ0) is 17.4. The average Bonchev–Trinajstić information content (AvgIpc) is 2.84. The van der Waals surface area contributed by atoms with Crippen molar-refractivity contribution in [2.75, 3.05) is 0 Å². The normalized spacial score (nSPS) is 56.8. The predicted molar refractivity (Wildman–Crippen MR) is 95.1 cm³/mol. The molecule has 132 valence electrons. The molecule has 0 unspecified atom stereocenters. The number of terminal acetylenes is 1. The van der Waals surface area contributed by atoms with Gasteiger partial charge in [0.05, 0.1) is 0 Å². The molecule has 24 heavy (non-hydrogen) atoms. The summed E-state index contributed by atoms with van der Waals surface area (Å²) in [4.78, 5) is 12.5. The molecule has 0 aromatic carbocycles. The van der Waals surface area contributed by atoms with Gasteiger partial charge in [-0.05, 0) is 80.0 Å². The van der Waals surface area contributed by atoms with Crippen LogP contribution in [0.15, 0.2) is 0 Å². The first-order valence-corrected chi connectivity index (χ1v) is 9.91. The SMILES string of the molecule is C#C[C@]1(O)CC[C@@]2(C)[C@H]3CC[C@@]4(C)C(=O)CC[C@H]4[C@H]3CC[C@@]2(C)C1. The molecule has 4 aliphatic carbocycles. The summed E-state index contributed by atoms with van der Waals surface area (Å²) in [6.07, 6.45) is 14.7. The van der Waals surface area contributed by atoms with E-state index in [1.165, 1.54) is 12.8 Å². The van der Waals surface area contributed by atoms with E-state index < -0.39 is 5.60 Å². The maximum absolute atomic E-state index is 12.5. The molecule has 2 nitrogen and oxygen atoms in total. The van der Waals surface area contributed by atoms with Crippen LogP contribution < -0.4 is 0 Å². The molecule has 0 radical (unpaired) electrons. The van der Waals surface area contributed by atoms with E-state index in [4.69, 9.17) is 6.42 Å². The summed E-state index contributed by atoms with van der Waals surface area (Å²) in [6, 6.07) is 0. The Morgan fingerprint density at radius 3 is 2.50 bits per heavy atom. The van der Waals surface area contributed by atoms with Crippen LogP contribution in [0.25, 0.3) is 0 Å².